The van der Waals surface area contributed by atoms with Crippen molar-refractivity contribution in [3.05, 3.63) is 76.4 Å². The van der Waals surface area contributed by atoms with Gasteiger partial charge in [-0.3, -0.25) is 10.4 Å². The lowest BCUT2D eigenvalue weighted by Crippen LogP contribution is -2.22. The van der Waals surface area contributed by atoms with Crippen molar-refractivity contribution in [3.63, 3.8) is 0 Å². The van der Waals surface area contributed by atoms with Crippen LogP contribution in [0.5, 0.6) is 0 Å². The number of benzene rings is 2. The minimum absolute atomic E-state index is 0.821. The van der Waals surface area contributed by atoms with E-state index in [0.717, 1.165) is 61.5 Å². The molecule has 0 unspecified atom stereocenters. The van der Waals surface area contributed by atoms with E-state index in [1.165, 1.54) is 22.3 Å². The minimum atomic E-state index is 0.821. The molecule has 0 radical (unpaired) electrons. The van der Waals surface area contributed by atoms with Crippen LogP contribution < -0.4 is 5.43 Å². The molecule has 4 nitrogen and oxygen atoms in total. The molecular formula is C22H21BN4. The summed E-state index contributed by atoms with van der Waals surface area (Å²) >= 11 is 0. The van der Waals surface area contributed by atoms with Crippen molar-refractivity contribution in [1.29, 1.82) is 0 Å². The molecule has 132 valence electrons. The van der Waals surface area contributed by atoms with Crippen LogP contribution in [0.4, 0.5) is 5.69 Å². The highest BCUT2D eigenvalue weighted by Crippen LogP contribution is 2.26. The number of nitrogens with one attached hydrogen (secondary N) is 1. The molecule has 0 aromatic heterocycles. The van der Waals surface area contributed by atoms with E-state index in [4.69, 9.17) is 5.10 Å². The van der Waals surface area contributed by atoms with Gasteiger partial charge in [-0.2, -0.15) is 5.10 Å². The molecule has 2 aliphatic heterocycles. The number of hydrogen-bond donors (Lipinski definition) is 1. The van der Waals surface area contributed by atoms with Crippen LogP contribution in [0.15, 0.2) is 69.2 Å². The van der Waals surface area contributed by atoms with Gasteiger partial charge in [-0.1, -0.05) is 36.3 Å². The normalized spacial score (nSPS) is 19.0. The van der Waals surface area contributed by atoms with E-state index in [9.17, 15) is 0 Å². The molecule has 2 aromatic carbocycles. The quantitative estimate of drug-likeness (QED) is 0.651. The SMILES string of the molecule is CC1=CBC(c2ccc3c(c2)/C(=N/NC2=Nc4ccccc4C2)CCC3)=N1. The Morgan fingerprint density at radius 3 is 2.81 bits per heavy atom. The number of hydrazone groups is 1. The zero-order chi connectivity index (χ0) is 18.2. The third kappa shape index (κ3) is 3.14. The molecule has 0 bridgehead atoms. The first kappa shape index (κ1) is 16.2. The van der Waals surface area contributed by atoms with E-state index < -0.39 is 0 Å². The minimum Gasteiger partial charge on any atom is -0.269 e. The number of nitrogens with zero attached hydrogens (tertiary/aromatic N) is 3. The summed E-state index contributed by atoms with van der Waals surface area (Å²) in [5, 5.41) is 4.76. The van der Waals surface area contributed by atoms with Gasteiger partial charge >= 0.3 is 0 Å². The molecule has 0 saturated carbocycles. The van der Waals surface area contributed by atoms with Crippen molar-refractivity contribution in [2.75, 3.05) is 0 Å². The molecule has 0 spiro atoms. The van der Waals surface area contributed by atoms with Crippen LogP contribution in [0.1, 0.15) is 42.0 Å². The second-order valence-corrected chi connectivity index (χ2v) is 7.37. The Balaban J connectivity index is 1.41. The second kappa shape index (κ2) is 6.65. The summed E-state index contributed by atoms with van der Waals surface area (Å²) in [6.07, 6.45) is 4.07. The van der Waals surface area contributed by atoms with Crippen molar-refractivity contribution in [1.82, 2.24) is 5.43 Å². The van der Waals surface area contributed by atoms with Gasteiger partial charge in [-0.25, -0.2) is 4.99 Å². The van der Waals surface area contributed by atoms with Crippen molar-refractivity contribution in [3.8, 4) is 0 Å². The topological polar surface area (TPSA) is 49.1 Å². The Morgan fingerprint density at radius 1 is 1.04 bits per heavy atom. The van der Waals surface area contributed by atoms with E-state index in [2.05, 4.69) is 64.7 Å². The average Bonchev–Trinajstić information content (AvgIpc) is 3.31. The van der Waals surface area contributed by atoms with Gasteiger partial charge < -0.3 is 0 Å². The first-order valence-electron chi connectivity index (χ1n) is 9.62. The highest BCUT2D eigenvalue weighted by atomic mass is 15.3. The van der Waals surface area contributed by atoms with Crippen LogP contribution in [0, 0.1) is 0 Å². The van der Waals surface area contributed by atoms with Gasteiger partial charge in [0, 0.05) is 23.3 Å². The second-order valence-electron chi connectivity index (χ2n) is 7.37. The predicted octanol–water partition coefficient (Wildman–Crippen LogP) is 3.66. The van der Waals surface area contributed by atoms with Crippen molar-refractivity contribution < 1.29 is 0 Å². The first-order valence-corrected chi connectivity index (χ1v) is 9.62. The van der Waals surface area contributed by atoms with Crippen LogP contribution in [-0.2, 0) is 12.8 Å². The Hall–Kier alpha value is -2.95. The Kier molecular flexibility index (Phi) is 4.00. The number of hydrogen-bond acceptors (Lipinski definition) is 4. The van der Waals surface area contributed by atoms with E-state index in [-0.39, 0.29) is 0 Å². The summed E-state index contributed by atoms with van der Waals surface area (Å²) in [5.74, 6) is 3.10. The molecular weight excluding hydrogens is 331 g/mol. The molecule has 0 atom stereocenters. The molecule has 0 amide bonds. The zero-order valence-corrected chi connectivity index (χ0v) is 15.5. The number of rotatable bonds is 2. The van der Waals surface area contributed by atoms with Gasteiger partial charge in [-0.15, -0.1) is 0 Å². The smallest absolute Gasteiger partial charge is 0.210 e. The highest BCUT2D eigenvalue weighted by molar-refractivity contribution is 6.83. The number of amidine groups is 1. The summed E-state index contributed by atoms with van der Waals surface area (Å²) in [6.45, 7) is 2.06. The number of para-hydroxylation sites is 1. The Morgan fingerprint density at radius 2 is 1.96 bits per heavy atom. The lowest BCUT2D eigenvalue weighted by molar-refractivity contribution is 0.826. The van der Waals surface area contributed by atoms with E-state index in [0.29, 0.717) is 0 Å². The van der Waals surface area contributed by atoms with E-state index >= 15 is 0 Å². The largest absolute Gasteiger partial charge is 0.269 e. The van der Waals surface area contributed by atoms with Crippen LogP contribution in [0.3, 0.4) is 0 Å². The van der Waals surface area contributed by atoms with Gasteiger partial charge in [0.2, 0.25) is 7.28 Å². The third-order valence-corrected chi connectivity index (χ3v) is 5.44. The number of aliphatic imine (C=N–C) groups is 2. The fraction of sp³-hybridized carbons (Fsp3) is 0.227. The maximum atomic E-state index is 4.76. The monoisotopic (exact) mass is 352 g/mol. The van der Waals surface area contributed by atoms with Crippen LogP contribution in [0.25, 0.3) is 0 Å². The Bertz CT molecular complexity index is 1050. The molecule has 1 N–H and O–H groups in total. The third-order valence-electron chi connectivity index (χ3n) is 5.44. The summed E-state index contributed by atoms with van der Waals surface area (Å²) in [6, 6.07) is 15.0. The number of aryl methyl sites for hydroxylation is 1. The van der Waals surface area contributed by atoms with E-state index in [1.54, 1.807) is 0 Å². The van der Waals surface area contributed by atoms with Crippen molar-refractivity contribution >= 4 is 30.1 Å². The van der Waals surface area contributed by atoms with Crippen LogP contribution >= 0.6 is 0 Å². The molecule has 2 heterocycles. The van der Waals surface area contributed by atoms with Gasteiger partial charge in [0.15, 0.2) is 0 Å². The molecule has 1 aliphatic carbocycles. The summed E-state index contributed by atoms with van der Waals surface area (Å²) in [7, 11) is 0.921. The summed E-state index contributed by atoms with van der Waals surface area (Å²) in [5.41, 5.74) is 12.8. The van der Waals surface area contributed by atoms with Gasteiger partial charge in [0.25, 0.3) is 0 Å². The summed E-state index contributed by atoms with van der Waals surface area (Å²) in [4.78, 5) is 9.32. The van der Waals surface area contributed by atoms with Gasteiger partial charge in [-0.05, 0) is 55.0 Å². The lowest BCUT2D eigenvalue weighted by Gasteiger charge is -2.19. The van der Waals surface area contributed by atoms with Gasteiger partial charge in [0.05, 0.1) is 11.4 Å². The molecule has 2 aromatic rings. The molecule has 5 rings (SSSR count). The fourth-order valence-corrected chi connectivity index (χ4v) is 4.00. The molecule has 0 fully saturated rings. The first-order chi connectivity index (χ1) is 13.3. The molecule has 3 aliphatic rings. The molecule has 0 saturated heterocycles. The maximum absolute atomic E-state index is 4.76. The van der Waals surface area contributed by atoms with Crippen molar-refractivity contribution in [2.24, 2.45) is 15.1 Å². The molecule has 27 heavy (non-hydrogen) atoms. The van der Waals surface area contributed by atoms with Gasteiger partial charge in [0.1, 0.15) is 5.84 Å². The predicted molar refractivity (Wildman–Crippen MR) is 114 cm³/mol. The lowest BCUT2D eigenvalue weighted by atomic mass is 9.70. The number of allylic oxidation sites excluding steroid dienone is 1. The van der Waals surface area contributed by atoms with E-state index in [1.807, 2.05) is 6.07 Å². The van der Waals surface area contributed by atoms with Crippen molar-refractivity contribution in [2.45, 2.75) is 32.6 Å². The van der Waals surface area contributed by atoms with Crippen LogP contribution in [0.2, 0.25) is 0 Å². The average molecular weight is 352 g/mol. The maximum Gasteiger partial charge on any atom is 0.210 e. The number of fused-ring (bicyclic) bond motifs is 2. The van der Waals surface area contributed by atoms with Crippen LogP contribution in [-0.4, -0.2) is 24.4 Å². The Labute approximate surface area is 160 Å². The highest BCUT2D eigenvalue weighted by Gasteiger charge is 2.19. The standard InChI is InChI=1S/C22H21BN4/c1-14-13-23-22(24-14)17-10-9-15-6-4-8-20(18(15)11-17)26-27-21-12-16-5-2-3-7-19(16)25-21/h2-3,5,7,9-11,13,23H,4,6,8,12H2,1H3,(H,25,27)/b26-20+. The fourth-order valence-electron chi connectivity index (χ4n) is 4.00. The molecule has 5 heteroatoms. The zero-order valence-electron chi connectivity index (χ0n) is 15.5. The summed E-state index contributed by atoms with van der Waals surface area (Å²) < 4.78 is 0.